The highest BCUT2D eigenvalue weighted by molar-refractivity contribution is 5.77. The summed E-state index contributed by atoms with van der Waals surface area (Å²) in [5.74, 6) is 4.98. The van der Waals surface area contributed by atoms with Crippen molar-refractivity contribution < 1.29 is 4.79 Å². The maximum Gasteiger partial charge on any atom is 0.248 e. The van der Waals surface area contributed by atoms with Crippen LogP contribution in [0.15, 0.2) is 24.3 Å². The van der Waals surface area contributed by atoms with Crippen molar-refractivity contribution in [3.8, 4) is 0 Å². The fourth-order valence-electron chi connectivity index (χ4n) is 2.38. The summed E-state index contributed by atoms with van der Waals surface area (Å²) >= 11 is 0. The monoisotopic (exact) mass is 262 g/mol. The predicted octanol–water partition coefficient (Wildman–Crippen LogP) is 0.103. The van der Waals surface area contributed by atoms with Gasteiger partial charge in [0.1, 0.15) is 0 Å². The lowest BCUT2D eigenvalue weighted by Crippen LogP contribution is -2.49. The number of rotatable bonds is 4. The Kier molecular flexibility index (Phi) is 4.90. The smallest absolute Gasteiger partial charge is 0.248 e. The Hall–Kier alpha value is -1.43. The van der Waals surface area contributed by atoms with Crippen LogP contribution in [0, 0.1) is 6.92 Å². The molecule has 1 aliphatic rings. The molecule has 5 heteroatoms. The number of carbonyl (C=O) groups excluding carboxylic acids is 1. The molecule has 5 nitrogen and oxygen atoms in total. The van der Waals surface area contributed by atoms with Crippen LogP contribution >= 0.6 is 0 Å². The van der Waals surface area contributed by atoms with Gasteiger partial charge in [0.05, 0.1) is 6.54 Å². The second-order valence-electron chi connectivity index (χ2n) is 5.05. The van der Waals surface area contributed by atoms with Crippen molar-refractivity contribution in [1.82, 2.24) is 15.2 Å². The van der Waals surface area contributed by atoms with E-state index in [1.165, 1.54) is 11.1 Å². The van der Waals surface area contributed by atoms with Gasteiger partial charge in [0.25, 0.3) is 0 Å². The van der Waals surface area contributed by atoms with Gasteiger partial charge < -0.3 is 0 Å². The molecule has 1 amide bonds. The van der Waals surface area contributed by atoms with Crippen LogP contribution in [-0.2, 0) is 11.3 Å². The van der Waals surface area contributed by atoms with E-state index >= 15 is 0 Å². The first-order valence-electron chi connectivity index (χ1n) is 6.67. The molecule has 1 fully saturated rings. The van der Waals surface area contributed by atoms with E-state index in [9.17, 15) is 4.79 Å². The van der Waals surface area contributed by atoms with Crippen LogP contribution in [0.4, 0.5) is 0 Å². The highest BCUT2D eigenvalue weighted by atomic mass is 16.2. The molecule has 1 aromatic carbocycles. The van der Waals surface area contributed by atoms with Crippen LogP contribution in [0.5, 0.6) is 0 Å². The second kappa shape index (κ2) is 6.65. The van der Waals surface area contributed by atoms with Crippen molar-refractivity contribution in [3.05, 3.63) is 35.4 Å². The first-order chi connectivity index (χ1) is 9.19. The van der Waals surface area contributed by atoms with E-state index in [2.05, 4.69) is 46.4 Å². The largest absolute Gasteiger partial charge is 0.297 e. The first kappa shape index (κ1) is 14.0. The van der Waals surface area contributed by atoms with Crippen molar-refractivity contribution in [2.45, 2.75) is 13.5 Å². The Balaban J connectivity index is 1.81. The van der Waals surface area contributed by atoms with Crippen LogP contribution in [0.1, 0.15) is 11.1 Å². The molecule has 0 aromatic heterocycles. The Morgan fingerprint density at radius 3 is 2.47 bits per heavy atom. The molecule has 0 aliphatic carbocycles. The Bertz CT molecular complexity index is 427. The van der Waals surface area contributed by atoms with Gasteiger partial charge in [0.2, 0.25) is 5.91 Å². The topological polar surface area (TPSA) is 61.6 Å². The molecule has 2 rings (SSSR count). The van der Waals surface area contributed by atoms with Gasteiger partial charge in [-0.2, -0.15) is 0 Å². The lowest BCUT2D eigenvalue weighted by Gasteiger charge is -2.34. The molecule has 1 aliphatic heterocycles. The van der Waals surface area contributed by atoms with Gasteiger partial charge in [-0.05, 0) is 18.1 Å². The van der Waals surface area contributed by atoms with Crippen LogP contribution in [0.25, 0.3) is 0 Å². The average molecular weight is 262 g/mol. The van der Waals surface area contributed by atoms with Crippen molar-refractivity contribution in [2.75, 3.05) is 32.7 Å². The van der Waals surface area contributed by atoms with Crippen LogP contribution < -0.4 is 11.3 Å². The van der Waals surface area contributed by atoms with Crippen molar-refractivity contribution in [1.29, 1.82) is 0 Å². The number of benzene rings is 1. The molecule has 19 heavy (non-hydrogen) atoms. The average Bonchev–Trinajstić information content (AvgIpc) is 2.43. The lowest BCUT2D eigenvalue weighted by molar-refractivity contribution is -0.122. The Labute approximate surface area is 114 Å². The van der Waals surface area contributed by atoms with E-state index in [0.29, 0.717) is 6.54 Å². The number of carbonyl (C=O) groups is 1. The molecule has 3 N–H and O–H groups in total. The molecule has 1 saturated heterocycles. The number of nitrogens with two attached hydrogens (primary N) is 1. The van der Waals surface area contributed by atoms with E-state index in [-0.39, 0.29) is 5.91 Å². The van der Waals surface area contributed by atoms with Gasteiger partial charge in [0.15, 0.2) is 0 Å². The maximum absolute atomic E-state index is 11.2. The van der Waals surface area contributed by atoms with Gasteiger partial charge >= 0.3 is 0 Å². The second-order valence-corrected chi connectivity index (χ2v) is 5.05. The van der Waals surface area contributed by atoms with Crippen LogP contribution in [0.3, 0.4) is 0 Å². The number of piperazine rings is 1. The molecule has 0 unspecified atom stereocenters. The molecule has 104 valence electrons. The SMILES string of the molecule is Cc1ccccc1CN1CCN(CC(=O)NN)CC1. The third kappa shape index (κ3) is 4.02. The Morgan fingerprint density at radius 1 is 1.21 bits per heavy atom. The molecular weight excluding hydrogens is 240 g/mol. The zero-order valence-electron chi connectivity index (χ0n) is 11.4. The fourth-order valence-corrected chi connectivity index (χ4v) is 2.38. The molecule has 0 bridgehead atoms. The zero-order valence-corrected chi connectivity index (χ0v) is 11.4. The van der Waals surface area contributed by atoms with E-state index in [1.54, 1.807) is 0 Å². The molecule has 0 atom stereocenters. The minimum atomic E-state index is -0.118. The van der Waals surface area contributed by atoms with E-state index in [4.69, 9.17) is 5.84 Å². The quantitative estimate of drug-likeness (QED) is 0.459. The summed E-state index contributed by atoms with van der Waals surface area (Å²) in [6.45, 7) is 7.35. The number of amides is 1. The van der Waals surface area contributed by atoms with Crippen molar-refractivity contribution in [3.63, 3.8) is 0 Å². The summed E-state index contributed by atoms with van der Waals surface area (Å²) in [5, 5.41) is 0. The standard InChI is InChI=1S/C14H22N4O/c1-12-4-2-3-5-13(12)10-17-6-8-18(9-7-17)11-14(19)16-15/h2-5H,6-11,15H2,1H3,(H,16,19). The predicted molar refractivity (Wildman–Crippen MR) is 75.2 cm³/mol. The molecule has 0 spiro atoms. The summed E-state index contributed by atoms with van der Waals surface area (Å²) in [4.78, 5) is 15.8. The van der Waals surface area contributed by atoms with E-state index < -0.39 is 0 Å². The normalized spacial score (nSPS) is 17.4. The van der Waals surface area contributed by atoms with Crippen LogP contribution in [0.2, 0.25) is 0 Å². The number of hydrazine groups is 1. The third-order valence-electron chi connectivity index (χ3n) is 3.65. The van der Waals surface area contributed by atoms with E-state index in [1.807, 2.05) is 0 Å². The zero-order chi connectivity index (χ0) is 13.7. The molecular formula is C14H22N4O. The van der Waals surface area contributed by atoms with Crippen molar-refractivity contribution >= 4 is 5.91 Å². The summed E-state index contributed by atoms with van der Waals surface area (Å²) in [5.41, 5.74) is 4.90. The molecule has 0 saturated carbocycles. The molecule has 0 radical (unpaired) electrons. The van der Waals surface area contributed by atoms with Gasteiger partial charge in [0, 0.05) is 32.7 Å². The minimum absolute atomic E-state index is 0.118. The fraction of sp³-hybridized carbons (Fsp3) is 0.500. The summed E-state index contributed by atoms with van der Waals surface area (Å²) in [6, 6.07) is 8.49. The molecule has 1 aromatic rings. The first-order valence-corrected chi connectivity index (χ1v) is 6.67. The number of nitrogens with zero attached hydrogens (tertiary/aromatic N) is 2. The highest BCUT2D eigenvalue weighted by Gasteiger charge is 2.18. The lowest BCUT2D eigenvalue weighted by atomic mass is 10.1. The number of aryl methyl sites for hydroxylation is 1. The number of nitrogens with one attached hydrogen (secondary N) is 1. The van der Waals surface area contributed by atoms with Crippen LogP contribution in [-0.4, -0.2) is 48.4 Å². The van der Waals surface area contributed by atoms with E-state index in [0.717, 1.165) is 32.7 Å². The maximum atomic E-state index is 11.2. The van der Waals surface area contributed by atoms with Gasteiger partial charge in [-0.25, -0.2) is 5.84 Å². The van der Waals surface area contributed by atoms with Gasteiger partial charge in [-0.3, -0.25) is 20.0 Å². The van der Waals surface area contributed by atoms with Crippen molar-refractivity contribution in [2.24, 2.45) is 5.84 Å². The minimum Gasteiger partial charge on any atom is -0.297 e. The summed E-state index contributed by atoms with van der Waals surface area (Å²) in [6.07, 6.45) is 0. The summed E-state index contributed by atoms with van der Waals surface area (Å²) in [7, 11) is 0. The van der Waals surface area contributed by atoms with Gasteiger partial charge in [-0.1, -0.05) is 24.3 Å². The Morgan fingerprint density at radius 2 is 1.84 bits per heavy atom. The van der Waals surface area contributed by atoms with Gasteiger partial charge in [-0.15, -0.1) is 0 Å². The number of hydrogen-bond donors (Lipinski definition) is 2. The third-order valence-corrected chi connectivity index (χ3v) is 3.65. The molecule has 1 heterocycles. The highest BCUT2D eigenvalue weighted by Crippen LogP contribution is 2.12. The number of hydrogen-bond acceptors (Lipinski definition) is 4. The summed E-state index contributed by atoms with van der Waals surface area (Å²) < 4.78 is 0.